The average molecular weight is 952 g/mol. The van der Waals surface area contributed by atoms with Gasteiger partial charge in [0.25, 0.3) is 15.6 Å². The van der Waals surface area contributed by atoms with Crippen LogP contribution in [0.1, 0.15) is 200 Å². The Balaban J connectivity index is 1.82. The molecule has 1 saturated heterocycles. The fraction of sp³-hybridized carbons (Fsp3) is 0.864. The highest BCUT2D eigenvalue weighted by atomic mass is 31.3. The van der Waals surface area contributed by atoms with Crippen LogP contribution in [0.4, 0.5) is 5.82 Å². The van der Waals surface area contributed by atoms with Gasteiger partial charge in [0.05, 0.1) is 13.2 Å². The van der Waals surface area contributed by atoms with Crippen LogP contribution < -0.4 is 21.2 Å². The zero-order valence-electron chi connectivity index (χ0n) is 38.5. The number of phosphoric acid groups is 2. The van der Waals surface area contributed by atoms with Crippen molar-refractivity contribution in [3.8, 4) is 0 Å². The van der Waals surface area contributed by atoms with Crippen LogP contribution in [0.3, 0.4) is 0 Å². The topological polar surface area (TPSA) is 271 Å². The average Bonchev–Trinajstić information content (AvgIpc) is 3.52. The fourth-order valence-electron chi connectivity index (χ4n) is 7.42. The van der Waals surface area contributed by atoms with Crippen LogP contribution >= 0.6 is 15.6 Å². The van der Waals surface area contributed by atoms with Crippen molar-refractivity contribution >= 4 is 33.4 Å². The van der Waals surface area contributed by atoms with E-state index >= 15 is 0 Å². The highest BCUT2D eigenvalue weighted by Gasteiger charge is 2.45. The first-order valence-corrected chi connectivity index (χ1v) is 26.9. The van der Waals surface area contributed by atoms with E-state index in [2.05, 4.69) is 27.7 Å². The van der Waals surface area contributed by atoms with Crippen molar-refractivity contribution < 1.29 is 66.3 Å². The molecule has 1 fully saturated rings. The number of carbonyl (C=O) groups excluding carboxylic acids is 2. The Morgan fingerprint density at radius 3 is 1.61 bits per heavy atom. The summed E-state index contributed by atoms with van der Waals surface area (Å²) >= 11 is 0. The molecule has 2 rings (SSSR count). The van der Waals surface area contributed by atoms with Crippen LogP contribution in [0, 0.1) is 0 Å². The summed E-state index contributed by atoms with van der Waals surface area (Å²) in [5.41, 5.74) is 4.55. The van der Waals surface area contributed by atoms with Crippen LogP contribution in [0.25, 0.3) is 0 Å². The molecule has 18 nitrogen and oxygen atoms in total. The van der Waals surface area contributed by atoms with Gasteiger partial charge in [-0.1, -0.05) is 168 Å². The summed E-state index contributed by atoms with van der Waals surface area (Å²) in [6.45, 7) is 1.93. The standard InChI is InChI=1S/C44H81N3O15P2/c1-3-5-7-9-11-13-15-17-19-21-23-25-27-29-39(48)57-33-36(60-40(49)30-28-26-24-22-20-18-16-14-12-10-8-6-4-2)34-58-63(53,54)62-64(55,56)59-35-37-41(50)42(51)43(61-37)47-32-31-38(45)46-44(47)52/h31-32,36-37,41-43,50-51H,3-30,33-35H2,1-2H3,(H,53,54)(H,55,56)(H2,45,46,52)/p-2. The Morgan fingerprint density at radius 2 is 1.14 bits per heavy atom. The minimum atomic E-state index is -5.72. The lowest BCUT2D eigenvalue weighted by molar-refractivity contribution is -0.246. The number of anilines is 1. The van der Waals surface area contributed by atoms with Crippen molar-refractivity contribution in [2.45, 2.75) is 224 Å². The molecule has 0 bridgehead atoms. The number of ether oxygens (including phenoxy) is 3. The van der Waals surface area contributed by atoms with E-state index in [1.807, 2.05) is 0 Å². The number of aliphatic hydroxyl groups excluding tert-OH is 2. The van der Waals surface area contributed by atoms with Gasteiger partial charge in [0.1, 0.15) is 30.7 Å². The lowest BCUT2D eigenvalue weighted by Crippen LogP contribution is -2.36. The number of nitrogen functional groups attached to an aromatic ring is 1. The SMILES string of the molecule is CCCCCCCCCCCCCCCC(=O)OCC(COP(=O)([O-])OP(=O)([O-])OCC1OC(n2ccc(N)nc2=O)C(O)C1O)OC(=O)CCCCCCCCCCCCCCC. The lowest BCUT2D eigenvalue weighted by atomic mass is 10.0. The number of carbonyl (C=O) groups is 2. The molecule has 1 aliphatic rings. The first kappa shape index (κ1) is 57.9. The van der Waals surface area contributed by atoms with Crippen molar-refractivity contribution in [1.82, 2.24) is 9.55 Å². The Kier molecular flexibility index (Phi) is 30.9. The van der Waals surface area contributed by atoms with Crippen molar-refractivity contribution in [3.05, 3.63) is 22.7 Å². The first-order valence-electron chi connectivity index (χ1n) is 24.0. The normalized spacial score (nSPS) is 19.8. The molecule has 64 heavy (non-hydrogen) atoms. The van der Waals surface area contributed by atoms with Crippen LogP contribution in [-0.4, -0.2) is 75.9 Å². The van der Waals surface area contributed by atoms with E-state index in [1.165, 1.54) is 109 Å². The molecule has 4 N–H and O–H groups in total. The van der Waals surface area contributed by atoms with Gasteiger partial charge in [0.2, 0.25) is 0 Å². The maximum Gasteiger partial charge on any atom is 0.351 e. The van der Waals surface area contributed by atoms with Crippen molar-refractivity contribution in [1.29, 1.82) is 0 Å². The fourth-order valence-corrected chi connectivity index (χ4v) is 9.45. The summed E-state index contributed by atoms with van der Waals surface area (Å²) in [7, 11) is -11.4. The number of esters is 2. The highest BCUT2D eigenvalue weighted by molar-refractivity contribution is 7.59. The van der Waals surface area contributed by atoms with Crippen molar-refractivity contribution in [3.63, 3.8) is 0 Å². The molecule has 0 spiro atoms. The molecule has 2 heterocycles. The molecule has 1 aromatic heterocycles. The van der Waals surface area contributed by atoms with Gasteiger partial charge in [-0.3, -0.25) is 23.3 Å². The van der Waals surface area contributed by atoms with E-state index in [-0.39, 0.29) is 18.7 Å². The van der Waals surface area contributed by atoms with Gasteiger partial charge in [-0.05, 0) is 18.9 Å². The van der Waals surface area contributed by atoms with Crippen LogP contribution in [0.2, 0.25) is 0 Å². The van der Waals surface area contributed by atoms with Gasteiger partial charge < -0.3 is 49.0 Å². The smallest absolute Gasteiger partial charge is 0.351 e. The molecule has 1 aliphatic heterocycles. The predicted molar refractivity (Wildman–Crippen MR) is 238 cm³/mol. The summed E-state index contributed by atoms with van der Waals surface area (Å²) < 4.78 is 55.7. The van der Waals surface area contributed by atoms with E-state index in [1.54, 1.807) is 0 Å². The Bertz CT molecular complexity index is 1570. The number of hydrogen-bond acceptors (Lipinski definition) is 17. The highest BCUT2D eigenvalue weighted by Crippen LogP contribution is 2.56. The zero-order chi connectivity index (χ0) is 47.1. The Hall–Kier alpha value is -2.24. The minimum Gasteiger partial charge on any atom is -0.756 e. The number of hydrogen-bond donors (Lipinski definition) is 3. The first-order chi connectivity index (χ1) is 30.7. The molecule has 0 aliphatic carbocycles. The summed E-state index contributed by atoms with van der Waals surface area (Å²) in [6, 6.07) is 1.23. The van der Waals surface area contributed by atoms with E-state index in [4.69, 9.17) is 24.5 Å². The van der Waals surface area contributed by atoms with Crippen LogP contribution in [0.15, 0.2) is 17.1 Å². The third kappa shape index (κ3) is 26.8. The lowest BCUT2D eigenvalue weighted by Gasteiger charge is -2.32. The number of aliphatic hydroxyl groups is 2. The zero-order valence-corrected chi connectivity index (χ0v) is 40.3. The van der Waals surface area contributed by atoms with E-state index in [9.17, 15) is 43.5 Å². The summed E-state index contributed by atoms with van der Waals surface area (Å²) in [6.07, 6.45) is 22.8. The van der Waals surface area contributed by atoms with Crippen LogP contribution in [0.5, 0.6) is 0 Å². The van der Waals surface area contributed by atoms with Gasteiger partial charge in [0.15, 0.2) is 12.3 Å². The van der Waals surface area contributed by atoms with Gasteiger partial charge in [0, 0.05) is 19.0 Å². The number of phosphoric ester groups is 2. The van der Waals surface area contributed by atoms with Gasteiger partial charge in [-0.2, -0.15) is 4.98 Å². The molecular formula is C44H79N3O15P2-2. The van der Waals surface area contributed by atoms with Crippen LogP contribution in [-0.2, 0) is 46.3 Å². The molecule has 7 unspecified atom stereocenters. The van der Waals surface area contributed by atoms with Gasteiger partial charge >= 0.3 is 17.6 Å². The molecule has 0 amide bonds. The largest absolute Gasteiger partial charge is 0.756 e. The number of nitrogens with zero attached hydrogens (tertiary/aromatic N) is 2. The minimum absolute atomic E-state index is 0.0322. The number of unbranched alkanes of at least 4 members (excludes halogenated alkanes) is 24. The maximum absolute atomic E-state index is 12.8. The molecule has 0 saturated carbocycles. The summed E-state index contributed by atoms with van der Waals surface area (Å²) in [5.74, 6) is -1.35. The summed E-state index contributed by atoms with van der Waals surface area (Å²) in [4.78, 5) is 66.2. The quantitative estimate of drug-likeness (QED) is 0.0321. The monoisotopic (exact) mass is 951 g/mol. The number of aromatic nitrogens is 2. The molecule has 0 aromatic carbocycles. The molecular weight excluding hydrogens is 872 g/mol. The second kappa shape index (κ2) is 34.1. The molecule has 20 heteroatoms. The van der Waals surface area contributed by atoms with Crippen molar-refractivity contribution in [2.75, 3.05) is 25.6 Å². The number of nitrogens with two attached hydrogens (primary N) is 1. The van der Waals surface area contributed by atoms with Gasteiger partial charge in [-0.15, -0.1) is 0 Å². The Labute approximate surface area is 380 Å². The third-order valence-electron chi connectivity index (χ3n) is 11.2. The van der Waals surface area contributed by atoms with Gasteiger partial charge in [-0.25, -0.2) is 9.11 Å². The van der Waals surface area contributed by atoms with E-state index in [0.717, 1.165) is 62.1 Å². The summed E-state index contributed by atoms with van der Waals surface area (Å²) in [5, 5.41) is 20.8. The Morgan fingerprint density at radius 1 is 0.703 bits per heavy atom. The molecule has 7 atom stereocenters. The maximum atomic E-state index is 12.8. The van der Waals surface area contributed by atoms with E-state index in [0.29, 0.717) is 12.8 Å². The van der Waals surface area contributed by atoms with Crippen molar-refractivity contribution in [2.24, 2.45) is 0 Å². The third-order valence-corrected chi connectivity index (χ3v) is 13.7. The predicted octanol–water partition coefficient (Wildman–Crippen LogP) is 7.85. The molecule has 372 valence electrons. The second-order valence-corrected chi connectivity index (χ2v) is 19.9. The van der Waals surface area contributed by atoms with E-state index < -0.39 is 83.7 Å². The second-order valence-electron chi connectivity index (χ2n) is 16.9. The molecule has 1 aromatic rings. The number of rotatable bonds is 40. The molecule has 0 radical (unpaired) electrons.